The minimum Gasteiger partial charge on any atom is -0.405 e. The van der Waals surface area contributed by atoms with Crippen molar-refractivity contribution in [1.82, 2.24) is 5.32 Å². The van der Waals surface area contributed by atoms with Gasteiger partial charge in [-0.3, -0.25) is 4.79 Å². The van der Waals surface area contributed by atoms with Crippen LogP contribution in [0.1, 0.15) is 26.3 Å². The van der Waals surface area contributed by atoms with Gasteiger partial charge in [0.15, 0.2) is 0 Å². The molecule has 0 unspecified atom stereocenters. The van der Waals surface area contributed by atoms with Gasteiger partial charge in [-0.05, 0) is 29.5 Å². The Hall–Kier alpha value is -1.88. The van der Waals surface area contributed by atoms with E-state index in [0.29, 0.717) is 17.3 Å². The minimum atomic E-state index is -4.83. The molecule has 0 aromatic heterocycles. The normalized spacial score (nSPS) is 11.7. The number of alkyl halides is 3. The first-order chi connectivity index (χ1) is 10.0. The molecule has 22 heavy (non-hydrogen) atoms. The number of carbonyl (C=O) groups excluding carboxylic acids is 1. The molecule has 4 nitrogen and oxygen atoms in total. The van der Waals surface area contributed by atoms with E-state index in [1.54, 1.807) is 26.2 Å². The number of rotatable bonds is 4. The van der Waals surface area contributed by atoms with Gasteiger partial charge in [0.1, 0.15) is 11.2 Å². The van der Waals surface area contributed by atoms with Crippen molar-refractivity contribution in [3.8, 4) is 11.2 Å². The molecule has 0 spiro atoms. The molecule has 0 radical (unpaired) electrons. The number of thiocyanates is 1. The molecule has 8 heteroatoms. The molecule has 0 heterocycles. The maximum Gasteiger partial charge on any atom is 0.573 e. The summed E-state index contributed by atoms with van der Waals surface area (Å²) in [5, 5.41) is 13.1. The topological polar surface area (TPSA) is 62.1 Å². The highest BCUT2D eigenvalue weighted by molar-refractivity contribution is 8.03. The van der Waals surface area contributed by atoms with Crippen LogP contribution in [0.5, 0.6) is 5.75 Å². The first kappa shape index (κ1) is 18.2. The number of carbonyl (C=O) groups is 1. The minimum absolute atomic E-state index is 0.0438. The molecule has 1 amide bonds. The van der Waals surface area contributed by atoms with Crippen LogP contribution in [0.15, 0.2) is 23.1 Å². The van der Waals surface area contributed by atoms with Gasteiger partial charge in [-0.1, -0.05) is 26.8 Å². The second-order valence-electron chi connectivity index (χ2n) is 5.45. The van der Waals surface area contributed by atoms with E-state index in [2.05, 4.69) is 10.1 Å². The van der Waals surface area contributed by atoms with Gasteiger partial charge in [-0.2, -0.15) is 5.26 Å². The molecule has 0 bridgehead atoms. The monoisotopic (exact) mass is 332 g/mol. The third kappa shape index (κ3) is 5.85. The molecule has 0 fully saturated rings. The Bertz CT molecular complexity index is 589. The second-order valence-corrected chi connectivity index (χ2v) is 6.28. The van der Waals surface area contributed by atoms with Crippen LogP contribution < -0.4 is 10.1 Å². The smallest absolute Gasteiger partial charge is 0.405 e. The van der Waals surface area contributed by atoms with Crippen molar-refractivity contribution in [1.29, 1.82) is 5.26 Å². The first-order valence-corrected chi connectivity index (χ1v) is 7.07. The molecule has 0 aliphatic heterocycles. The van der Waals surface area contributed by atoms with Gasteiger partial charge < -0.3 is 10.1 Å². The summed E-state index contributed by atoms with van der Waals surface area (Å²) in [6, 6.07) is 3.93. The molecule has 1 aromatic rings. The van der Waals surface area contributed by atoms with Crippen LogP contribution in [0.2, 0.25) is 0 Å². The van der Waals surface area contributed by atoms with E-state index in [-0.39, 0.29) is 17.3 Å². The summed E-state index contributed by atoms with van der Waals surface area (Å²) in [6.07, 6.45) is -4.83. The van der Waals surface area contributed by atoms with Crippen molar-refractivity contribution in [2.75, 3.05) is 0 Å². The third-order valence-electron chi connectivity index (χ3n) is 2.52. The van der Waals surface area contributed by atoms with Gasteiger partial charge in [0.25, 0.3) is 0 Å². The number of benzene rings is 1. The van der Waals surface area contributed by atoms with E-state index < -0.39 is 17.5 Å². The Labute approximate surface area is 130 Å². The molecular weight excluding hydrogens is 317 g/mol. The molecule has 1 rings (SSSR count). The van der Waals surface area contributed by atoms with Crippen LogP contribution >= 0.6 is 11.8 Å². The van der Waals surface area contributed by atoms with E-state index >= 15 is 0 Å². The fourth-order valence-corrected chi connectivity index (χ4v) is 1.97. The number of nitrogens with one attached hydrogen (secondary N) is 1. The van der Waals surface area contributed by atoms with E-state index in [0.717, 1.165) is 6.07 Å². The Balaban J connectivity index is 2.89. The zero-order valence-corrected chi connectivity index (χ0v) is 13.1. The van der Waals surface area contributed by atoms with Gasteiger partial charge >= 0.3 is 6.36 Å². The molecule has 0 atom stereocenters. The number of halogens is 3. The van der Waals surface area contributed by atoms with Gasteiger partial charge in [-0.15, -0.1) is 13.2 Å². The summed E-state index contributed by atoms with van der Waals surface area (Å²) in [5.41, 5.74) is 0.00806. The van der Waals surface area contributed by atoms with Crippen LogP contribution in [0.25, 0.3) is 0 Å². The van der Waals surface area contributed by atoms with Gasteiger partial charge in [-0.25, -0.2) is 0 Å². The van der Waals surface area contributed by atoms with Crippen molar-refractivity contribution in [2.45, 2.75) is 38.6 Å². The first-order valence-electron chi connectivity index (χ1n) is 6.26. The molecule has 0 saturated heterocycles. The lowest BCUT2D eigenvalue weighted by Crippen LogP contribution is -2.34. The predicted molar refractivity (Wildman–Crippen MR) is 75.9 cm³/mol. The van der Waals surface area contributed by atoms with E-state index in [9.17, 15) is 18.0 Å². The lowest BCUT2D eigenvalue weighted by atomic mass is 9.95. The number of amides is 1. The molecule has 120 valence electrons. The summed E-state index contributed by atoms with van der Waals surface area (Å²) < 4.78 is 40.7. The van der Waals surface area contributed by atoms with Crippen LogP contribution in [-0.4, -0.2) is 12.3 Å². The van der Waals surface area contributed by atoms with Gasteiger partial charge in [0.2, 0.25) is 5.91 Å². The van der Waals surface area contributed by atoms with Crippen LogP contribution in [0, 0.1) is 16.1 Å². The maximum atomic E-state index is 12.3. The second kappa shape index (κ2) is 6.92. The summed E-state index contributed by atoms with van der Waals surface area (Å²) in [6.45, 7) is 5.40. The highest BCUT2D eigenvalue weighted by Crippen LogP contribution is 2.33. The highest BCUT2D eigenvalue weighted by atomic mass is 32.2. The largest absolute Gasteiger partial charge is 0.573 e. The van der Waals surface area contributed by atoms with Gasteiger partial charge in [0, 0.05) is 12.0 Å². The Morgan fingerprint density at radius 2 is 2.00 bits per heavy atom. The standard InChI is InChI=1S/C14H15F3N2O2S/c1-13(2,3)12(20)19-7-9-4-5-10(21-14(15,16)17)11(6-9)22-8-18/h4-6H,7H2,1-3H3,(H,19,20). The summed E-state index contributed by atoms with van der Waals surface area (Å²) >= 11 is 0.564. The van der Waals surface area contributed by atoms with Crippen LogP contribution in [-0.2, 0) is 11.3 Å². The molecule has 0 saturated carbocycles. The van der Waals surface area contributed by atoms with Crippen molar-refractivity contribution >= 4 is 17.7 Å². The van der Waals surface area contributed by atoms with Crippen LogP contribution in [0.4, 0.5) is 13.2 Å². The summed E-state index contributed by atoms with van der Waals surface area (Å²) in [4.78, 5) is 11.8. The van der Waals surface area contributed by atoms with Crippen molar-refractivity contribution in [3.05, 3.63) is 23.8 Å². The number of ether oxygens (including phenoxy) is 1. The molecule has 1 N–H and O–H groups in total. The predicted octanol–water partition coefficient (Wildman–Crippen LogP) is 3.82. The Kier molecular flexibility index (Phi) is 5.72. The quantitative estimate of drug-likeness (QED) is 0.672. The lowest BCUT2D eigenvalue weighted by Gasteiger charge is -2.18. The lowest BCUT2D eigenvalue weighted by molar-refractivity contribution is -0.275. The molecule has 0 aliphatic rings. The number of hydrogen-bond donors (Lipinski definition) is 1. The number of hydrogen-bond acceptors (Lipinski definition) is 4. The van der Waals surface area contributed by atoms with Crippen molar-refractivity contribution in [3.63, 3.8) is 0 Å². The average Bonchev–Trinajstić information content (AvgIpc) is 2.36. The third-order valence-corrected chi connectivity index (χ3v) is 3.15. The van der Waals surface area contributed by atoms with E-state index in [1.807, 2.05) is 0 Å². The average molecular weight is 332 g/mol. The van der Waals surface area contributed by atoms with Crippen molar-refractivity contribution in [2.24, 2.45) is 5.41 Å². The molecular formula is C14H15F3N2O2S. The fourth-order valence-electron chi connectivity index (χ4n) is 1.45. The van der Waals surface area contributed by atoms with Crippen LogP contribution in [0.3, 0.4) is 0 Å². The maximum absolute atomic E-state index is 12.3. The van der Waals surface area contributed by atoms with Gasteiger partial charge in [0.05, 0.1) is 4.90 Å². The van der Waals surface area contributed by atoms with Crippen molar-refractivity contribution < 1.29 is 22.7 Å². The zero-order chi connectivity index (χ0) is 17.0. The zero-order valence-electron chi connectivity index (χ0n) is 12.2. The van der Waals surface area contributed by atoms with E-state index in [4.69, 9.17) is 5.26 Å². The number of thioether (sulfide) groups is 1. The molecule has 1 aromatic carbocycles. The summed E-state index contributed by atoms with van der Waals surface area (Å²) in [5.74, 6) is -0.623. The Morgan fingerprint density at radius 3 is 2.50 bits per heavy atom. The Morgan fingerprint density at radius 1 is 1.36 bits per heavy atom. The fraction of sp³-hybridized carbons (Fsp3) is 0.429. The SMILES string of the molecule is CC(C)(C)C(=O)NCc1ccc(OC(F)(F)F)c(SC#N)c1. The number of nitriles is 1. The highest BCUT2D eigenvalue weighted by Gasteiger charge is 2.32. The summed E-state index contributed by atoms with van der Waals surface area (Å²) in [7, 11) is 0. The number of nitrogens with zero attached hydrogens (tertiary/aromatic N) is 1. The molecule has 0 aliphatic carbocycles. The van der Waals surface area contributed by atoms with E-state index in [1.165, 1.54) is 12.1 Å².